The molecule has 0 radical (unpaired) electrons. The van der Waals surface area contributed by atoms with E-state index in [9.17, 15) is 14.4 Å². The minimum atomic E-state index is -0.532. The summed E-state index contributed by atoms with van der Waals surface area (Å²) in [4.78, 5) is 39.7. The molecule has 2 heterocycles. The molecule has 29 heavy (non-hydrogen) atoms. The van der Waals surface area contributed by atoms with Gasteiger partial charge in [0.25, 0.3) is 11.5 Å². The van der Waals surface area contributed by atoms with Gasteiger partial charge in [0.1, 0.15) is 12.1 Å². The molecule has 1 N–H and O–H groups in total. The highest BCUT2D eigenvalue weighted by atomic mass is 16.5. The number of methoxy groups -OCH3 is 1. The first kappa shape index (κ1) is 21.6. The number of hydrogen-bond donors (Lipinski definition) is 1. The molecular formula is C22H33N3O4. The van der Waals surface area contributed by atoms with Crippen LogP contribution >= 0.6 is 0 Å². The Morgan fingerprint density at radius 2 is 1.69 bits per heavy atom. The first-order valence-electron chi connectivity index (χ1n) is 10.9. The Bertz CT molecular complexity index is 781. The number of nitrogens with zero attached hydrogens (tertiary/aromatic N) is 2. The van der Waals surface area contributed by atoms with E-state index in [-0.39, 0.29) is 17.7 Å². The number of pyridine rings is 1. The quantitative estimate of drug-likeness (QED) is 0.734. The number of fused-ring (bicyclic) bond motifs is 1. The van der Waals surface area contributed by atoms with E-state index in [0.29, 0.717) is 6.54 Å². The summed E-state index contributed by atoms with van der Waals surface area (Å²) in [6.07, 6.45) is 9.97. The third-order valence-electron chi connectivity index (χ3n) is 6.05. The molecule has 3 rings (SSSR count). The fourth-order valence-corrected chi connectivity index (χ4v) is 4.38. The van der Waals surface area contributed by atoms with Crippen molar-refractivity contribution in [1.29, 1.82) is 0 Å². The van der Waals surface area contributed by atoms with Crippen LogP contribution in [0.4, 0.5) is 0 Å². The fraction of sp³-hybridized carbons (Fsp3) is 0.682. The monoisotopic (exact) mass is 403 g/mol. The van der Waals surface area contributed by atoms with Gasteiger partial charge < -0.3 is 19.5 Å². The molecule has 0 atom stereocenters. The van der Waals surface area contributed by atoms with Gasteiger partial charge in [-0.15, -0.1) is 0 Å². The van der Waals surface area contributed by atoms with E-state index < -0.39 is 11.9 Å². The van der Waals surface area contributed by atoms with Gasteiger partial charge >= 0.3 is 5.97 Å². The molecule has 1 saturated heterocycles. The highest BCUT2D eigenvalue weighted by Crippen LogP contribution is 2.20. The van der Waals surface area contributed by atoms with Crippen molar-refractivity contribution in [3.63, 3.8) is 0 Å². The average molecular weight is 404 g/mol. The summed E-state index contributed by atoms with van der Waals surface area (Å²) in [5, 5.41) is 2.52. The molecule has 1 aromatic rings. The van der Waals surface area contributed by atoms with Crippen molar-refractivity contribution in [1.82, 2.24) is 14.8 Å². The maximum atomic E-state index is 13.2. The highest BCUT2D eigenvalue weighted by Gasteiger charge is 2.21. The van der Waals surface area contributed by atoms with Crippen LogP contribution < -0.4 is 10.9 Å². The molecule has 1 amide bonds. The number of hydrogen-bond acceptors (Lipinski definition) is 5. The van der Waals surface area contributed by atoms with Gasteiger partial charge in [-0.1, -0.05) is 19.3 Å². The van der Waals surface area contributed by atoms with E-state index in [1.54, 1.807) is 6.07 Å². The van der Waals surface area contributed by atoms with Gasteiger partial charge in [-0.3, -0.25) is 14.4 Å². The number of amides is 1. The number of ether oxygens (including phenoxy) is 1. The number of esters is 1. The first-order chi connectivity index (χ1) is 14.1. The minimum Gasteiger partial charge on any atom is -0.468 e. The van der Waals surface area contributed by atoms with Crippen molar-refractivity contribution in [3.8, 4) is 0 Å². The van der Waals surface area contributed by atoms with Crippen LogP contribution in [-0.4, -0.2) is 54.6 Å². The second-order valence-corrected chi connectivity index (χ2v) is 8.06. The third-order valence-corrected chi connectivity index (χ3v) is 6.05. The third kappa shape index (κ3) is 5.69. The second kappa shape index (κ2) is 10.6. The van der Waals surface area contributed by atoms with Crippen LogP contribution in [0.1, 0.15) is 66.6 Å². The molecule has 1 fully saturated rings. The van der Waals surface area contributed by atoms with Gasteiger partial charge in [0.15, 0.2) is 0 Å². The molecule has 7 nitrogen and oxygen atoms in total. The predicted molar refractivity (Wildman–Crippen MR) is 111 cm³/mol. The van der Waals surface area contributed by atoms with E-state index in [1.807, 2.05) is 4.57 Å². The van der Waals surface area contributed by atoms with E-state index in [2.05, 4.69) is 15.0 Å². The van der Waals surface area contributed by atoms with Crippen LogP contribution in [0.25, 0.3) is 0 Å². The Labute approximate surface area is 172 Å². The zero-order valence-corrected chi connectivity index (χ0v) is 17.5. The van der Waals surface area contributed by atoms with Crippen LogP contribution in [0.15, 0.2) is 10.9 Å². The topological polar surface area (TPSA) is 80.6 Å². The van der Waals surface area contributed by atoms with Crippen molar-refractivity contribution in [2.24, 2.45) is 0 Å². The van der Waals surface area contributed by atoms with Gasteiger partial charge in [0.2, 0.25) is 0 Å². The van der Waals surface area contributed by atoms with Crippen LogP contribution in [0.5, 0.6) is 0 Å². The number of aryl methyl sites for hydroxylation is 1. The Kier molecular flexibility index (Phi) is 7.86. The maximum Gasteiger partial charge on any atom is 0.325 e. The summed E-state index contributed by atoms with van der Waals surface area (Å²) in [6, 6.07) is 1.76. The number of nitrogens with one attached hydrogen (secondary N) is 1. The Hall–Kier alpha value is -2.15. The van der Waals surface area contributed by atoms with E-state index in [0.717, 1.165) is 56.6 Å². The van der Waals surface area contributed by atoms with E-state index >= 15 is 0 Å². The molecule has 0 saturated carbocycles. The summed E-state index contributed by atoms with van der Waals surface area (Å²) >= 11 is 0. The number of rotatable bonds is 6. The lowest BCUT2D eigenvalue weighted by Crippen LogP contribution is -2.40. The second-order valence-electron chi connectivity index (χ2n) is 8.06. The standard InChI is InChI=1S/C22H33N3O4/c1-29-20(26)16-23-21(27)18-15-17-9-5-2-3-6-10-19(17)25(22(18)28)14-13-24-11-7-4-8-12-24/h15H,2-14,16H2,1H3,(H,23,27). The number of piperidine rings is 1. The van der Waals surface area contributed by atoms with Gasteiger partial charge in [-0.2, -0.15) is 0 Å². The van der Waals surface area contributed by atoms with Crippen molar-refractivity contribution < 1.29 is 14.3 Å². The SMILES string of the molecule is COC(=O)CNC(=O)c1cc2c(n(CCN3CCCCC3)c1=O)CCCCCC2. The highest BCUT2D eigenvalue weighted by molar-refractivity contribution is 5.95. The molecule has 0 bridgehead atoms. The van der Waals surface area contributed by atoms with Crippen molar-refractivity contribution in [2.75, 3.05) is 33.3 Å². The maximum absolute atomic E-state index is 13.2. The summed E-state index contributed by atoms with van der Waals surface area (Å²) in [6.45, 7) is 3.37. The van der Waals surface area contributed by atoms with Crippen molar-refractivity contribution in [3.05, 3.63) is 33.2 Å². The minimum absolute atomic E-state index is 0.131. The lowest BCUT2D eigenvalue weighted by Gasteiger charge is -2.28. The number of likely N-dealkylation sites (tertiary alicyclic amines) is 1. The van der Waals surface area contributed by atoms with Gasteiger partial charge in [-0.05, 0) is 63.2 Å². The van der Waals surface area contributed by atoms with E-state index in [4.69, 9.17) is 0 Å². The normalized spacial score (nSPS) is 17.7. The zero-order chi connectivity index (χ0) is 20.6. The predicted octanol–water partition coefficient (Wildman–Crippen LogP) is 1.90. The van der Waals surface area contributed by atoms with Crippen LogP contribution in [0.3, 0.4) is 0 Å². The first-order valence-corrected chi connectivity index (χ1v) is 10.9. The van der Waals surface area contributed by atoms with Gasteiger partial charge in [-0.25, -0.2) is 0 Å². The summed E-state index contributed by atoms with van der Waals surface area (Å²) in [7, 11) is 1.27. The number of carbonyl (C=O) groups excluding carboxylic acids is 2. The van der Waals surface area contributed by atoms with Gasteiger partial charge in [0.05, 0.1) is 7.11 Å². The molecule has 1 aliphatic carbocycles. The van der Waals surface area contributed by atoms with Crippen molar-refractivity contribution >= 4 is 11.9 Å². The molecule has 1 aliphatic heterocycles. The Morgan fingerprint density at radius 1 is 1.00 bits per heavy atom. The molecule has 0 unspecified atom stereocenters. The summed E-state index contributed by atoms with van der Waals surface area (Å²) < 4.78 is 6.41. The molecule has 1 aromatic heterocycles. The van der Waals surface area contributed by atoms with E-state index in [1.165, 1.54) is 39.2 Å². The molecular weight excluding hydrogens is 370 g/mol. The lowest BCUT2D eigenvalue weighted by molar-refractivity contribution is -0.139. The van der Waals surface area contributed by atoms with Crippen LogP contribution in [-0.2, 0) is 28.9 Å². The number of carbonyl (C=O) groups is 2. The number of aromatic nitrogens is 1. The largest absolute Gasteiger partial charge is 0.468 e. The average Bonchev–Trinajstić information content (AvgIpc) is 2.72. The van der Waals surface area contributed by atoms with Crippen molar-refractivity contribution in [2.45, 2.75) is 64.3 Å². The molecule has 2 aliphatic rings. The smallest absolute Gasteiger partial charge is 0.325 e. The van der Waals surface area contributed by atoms with Crippen LogP contribution in [0.2, 0.25) is 0 Å². The van der Waals surface area contributed by atoms with Crippen LogP contribution in [0, 0.1) is 0 Å². The lowest BCUT2D eigenvalue weighted by atomic mass is 9.95. The summed E-state index contributed by atoms with van der Waals surface area (Å²) in [5.74, 6) is -1.04. The molecule has 160 valence electrons. The van der Waals surface area contributed by atoms with Gasteiger partial charge in [0, 0.05) is 18.8 Å². The molecule has 0 spiro atoms. The fourth-order valence-electron chi connectivity index (χ4n) is 4.38. The molecule has 0 aromatic carbocycles. The summed E-state index contributed by atoms with van der Waals surface area (Å²) in [5.41, 5.74) is 2.08. The Morgan fingerprint density at radius 3 is 2.41 bits per heavy atom. The Balaban J connectivity index is 1.87. The molecule has 7 heteroatoms. The zero-order valence-electron chi connectivity index (χ0n) is 17.5.